The van der Waals surface area contributed by atoms with Crippen LogP contribution in [0.1, 0.15) is 16.9 Å². The van der Waals surface area contributed by atoms with Crippen LogP contribution in [-0.2, 0) is 11.8 Å². The average Bonchev–Trinajstić information content (AvgIpc) is 2.58. The minimum Gasteiger partial charge on any atom is -0.380 e. The minimum absolute atomic E-state index is 0.149. The van der Waals surface area contributed by atoms with E-state index in [9.17, 15) is 9.59 Å². The average molecular weight is 313 g/mol. The van der Waals surface area contributed by atoms with Crippen molar-refractivity contribution in [3.8, 4) is 0 Å². The molecule has 0 bridgehead atoms. The van der Waals surface area contributed by atoms with Crippen molar-refractivity contribution in [3.63, 3.8) is 0 Å². The highest BCUT2D eigenvalue weighted by molar-refractivity contribution is 6.04. The third-order valence-electron chi connectivity index (χ3n) is 4.08. The molecule has 1 aliphatic heterocycles. The Bertz CT molecular complexity index is 839. The molecule has 6 heteroatoms. The van der Waals surface area contributed by atoms with Gasteiger partial charge in [0, 0.05) is 32.6 Å². The van der Waals surface area contributed by atoms with Crippen molar-refractivity contribution in [1.29, 1.82) is 0 Å². The van der Waals surface area contributed by atoms with E-state index in [1.54, 1.807) is 37.3 Å². The predicted molar refractivity (Wildman–Crippen MR) is 87.5 cm³/mol. The van der Waals surface area contributed by atoms with Crippen molar-refractivity contribution < 1.29 is 9.53 Å². The quantitative estimate of drug-likeness (QED) is 0.803. The van der Waals surface area contributed by atoms with Crippen LogP contribution in [0.3, 0.4) is 0 Å². The summed E-state index contributed by atoms with van der Waals surface area (Å²) in [6, 6.07) is 7.10. The van der Waals surface area contributed by atoms with Gasteiger partial charge >= 0.3 is 0 Å². The number of amides is 1. The van der Waals surface area contributed by atoms with Crippen LogP contribution >= 0.6 is 0 Å². The molecule has 0 fully saturated rings. The number of hydrogen-bond donors (Lipinski definition) is 0. The number of rotatable bonds is 3. The third-order valence-corrected chi connectivity index (χ3v) is 4.08. The summed E-state index contributed by atoms with van der Waals surface area (Å²) < 4.78 is 6.35. The first-order chi connectivity index (χ1) is 11.1. The first kappa shape index (κ1) is 15.4. The van der Waals surface area contributed by atoms with E-state index in [0.717, 1.165) is 6.42 Å². The van der Waals surface area contributed by atoms with Crippen molar-refractivity contribution in [2.75, 3.05) is 26.8 Å². The number of methoxy groups -OCH3 is 1. The normalized spacial score (nSPS) is 14.9. The third kappa shape index (κ3) is 2.90. The zero-order valence-corrected chi connectivity index (χ0v) is 13.3. The lowest BCUT2D eigenvalue weighted by Gasteiger charge is -2.26. The van der Waals surface area contributed by atoms with Gasteiger partial charge in [0.05, 0.1) is 12.0 Å². The predicted octanol–water partition coefficient (Wildman–Crippen LogP) is 1.35. The van der Waals surface area contributed by atoms with E-state index in [2.05, 4.69) is 5.10 Å². The van der Waals surface area contributed by atoms with Gasteiger partial charge in [0.1, 0.15) is 0 Å². The molecular weight excluding hydrogens is 294 g/mol. The molecule has 0 aliphatic carbocycles. The van der Waals surface area contributed by atoms with Gasteiger partial charge in [-0.15, -0.1) is 0 Å². The molecule has 1 aromatic heterocycles. The van der Waals surface area contributed by atoms with E-state index in [1.807, 2.05) is 12.1 Å². The van der Waals surface area contributed by atoms with E-state index in [0.29, 0.717) is 36.2 Å². The number of benzene rings is 1. The first-order valence-corrected chi connectivity index (χ1v) is 7.54. The van der Waals surface area contributed by atoms with Crippen molar-refractivity contribution in [2.24, 2.45) is 7.05 Å². The smallest absolute Gasteiger partial charge is 0.275 e. The number of aromatic nitrogens is 2. The van der Waals surface area contributed by atoms with Crippen LogP contribution in [0, 0.1) is 0 Å². The van der Waals surface area contributed by atoms with Gasteiger partial charge in [0.2, 0.25) is 0 Å². The lowest BCUT2D eigenvalue weighted by atomic mass is 10.1. The van der Waals surface area contributed by atoms with Crippen LogP contribution in [0.4, 0.5) is 0 Å². The van der Waals surface area contributed by atoms with E-state index >= 15 is 0 Å². The summed E-state index contributed by atoms with van der Waals surface area (Å²) in [5.74, 6) is -0.149. The molecule has 0 saturated heterocycles. The second kappa shape index (κ2) is 6.34. The van der Waals surface area contributed by atoms with Crippen molar-refractivity contribution in [2.45, 2.75) is 6.42 Å². The number of aryl methyl sites for hydroxylation is 1. The van der Waals surface area contributed by atoms with Crippen LogP contribution in [0.2, 0.25) is 0 Å². The summed E-state index contributed by atoms with van der Waals surface area (Å²) >= 11 is 0. The lowest BCUT2D eigenvalue weighted by Crippen LogP contribution is -2.37. The number of carbonyl (C=O) groups is 1. The Morgan fingerprint density at radius 2 is 2.04 bits per heavy atom. The van der Waals surface area contributed by atoms with Gasteiger partial charge in [0.25, 0.3) is 11.5 Å². The van der Waals surface area contributed by atoms with Gasteiger partial charge in [-0.3, -0.25) is 9.59 Å². The minimum atomic E-state index is -0.196. The van der Waals surface area contributed by atoms with Crippen molar-refractivity contribution in [1.82, 2.24) is 14.7 Å². The summed E-state index contributed by atoms with van der Waals surface area (Å²) in [5, 5.41) is 5.32. The molecule has 23 heavy (non-hydrogen) atoms. The number of fused-ring (bicyclic) bond motifs is 1. The van der Waals surface area contributed by atoms with E-state index in [-0.39, 0.29) is 11.5 Å². The summed E-state index contributed by atoms with van der Waals surface area (Å²) in [7, 11) is 3.23. The maximum atomic E-state index is 12.8. The largest absolute Gasteiger partial charge is 0.380 e. The monoisotopic (exact) mass is 313 g/mol. The lowest BCUT2D eigenvalue weighted by molar-refractivity contribution is 0.0759. The Labute approximate surface area is 134 Å². The Balaban J connectivity index is 1.97. The van der Waals surface area contributed by atoms with Crippen LogP contribution in [0.15, 0.2) is 40.7 Å². The highest BCUT2D eigenvalue weighted by Crippen LogP contribution is 2.18. The van der Waals surface area contributed by atoms with Crippen LogP contribution < -0.4 is 5.56 Å². The Kier molecular flexibility index (Phi) is 4.25. The number of hydrogen-bond acceptors (Lipinski definition) is 4. The van der Waals surface area contributed by atoms with Crippen molar-refractivity contribution in [3.05, 3.63) is 52.0 Å². The van der Waals surface area contributed by atoms with Gasteiger partial charge in [-0.2, -0.15) is 5.10 Å². The molecule has 3 rings (SSSR count). The fourth-order valence-electron chi connectivity index (χ4n) is 2.82. The second-order valence-corrected chi connectivity index (χ2v) is 5.62. The Morgan fingerprint density at radius 1 is 1.30 bits per heavy atom. The molecule has 1 aliphatic rings. The maximum absolute atomic E-state index is 12.8. The summed E-state index contributed by atoms with van der Waals surface area (Å²) in [6.07, 6.45) is 2.82. The van der Waals surface area contributed by atoms with Crippen LogP contribution in [0.25, 0.3) is 10.8 Å². The van der Waals surface area contributed by atoms with Gasteiger partial charge < -0.3 is 9.64 Å². The first-order valence-electron chi connectivity index (χ1n) is 7.54. The van der Waals surface area contributed by atoms with E-state index in [4.69, 9.17) is 4.74 Å². The zero-order chi connectivity index (χ0) is 16.4. The maximum Gasteiger partial charge on any atom is 0.275 e. The van der Waals surface area contributed by atoms with Gasteiger partial charge in [-0.1, -0.05) is 24.3 Å². The molecule has 2 aromatic rings. The molecule has 0 radical (unpaired) electrons. The fourth-order valence-corrected chi connectivity index (χ4v) is 2.82. The molecule has 0 unspecified atom stereocenters. The van der Waals surface area contributed by atoms with Crippen molar-refractivity contribution >= 4 is 16.7 Å². The van der Waals surface area contributed by atoms with E-state index < -0.39 is 0 Å². The van der Waals surface area contributed by atoms with Gasteiger partial charge in [0.15, 0.2) is 5.69 Å². The number of ether oxygens (including phenoxy) is 1. The Hall–Kier alpha value is -2.47. The molecule has 0 spiro atoms. The zero-order valence-electron chi connectivity index (χ0n) is 13.3. The van der Waals surface area contributed by atoms with Gasteiger partial charge in [-0.05, 0) is 18.1 Å². The van der Waals surface area contributed by atoms with E-state index in [1.165, 1.54) is 10.3 Å². The van der Waals surface area contributed by atoms with Crippen LogP contribution in [-0.4, -0.2) is 47.4 Å². The molecular formula is C17H19N3O3. The highest BCUT2D eigenvalue weighted by atomic mass is 16.5. The van der Waals surface area contributed by atoms with Crippen LogP contribution in [0.5, 0.6) is 0 Å². The highest BCUT2D eigenvalue weighted by Gasteiger charge is 2.23. The molecule has 2 heterocycles. The molecule has 6 nitrogen and oxygen atoms in total. The second-order valence-electron chi connectivity index (χ2n) is 5.62. The Morgan fingerprint density at radius 3 is 2.70 bits per heavy atom. The topological polar surface area (TPSA) is 64.4 Å². The summed E-state index contributed by atoms with van der Waals surface area (Å²) in [6.45, 7) is 1.77. The number of carbonyl (C=O) groups excluding carboxylic acids is 1. The molecule has 0 N–H and O–H groups in total. The molecule has 1 aromatic carbocycles. The standard InChI is InChI=1S/C17H19N3O3/c1-19-16(21)14-6-4-3-5-13(14)15(18-19)17(22)20-9-7-12(8-10-20)11-23-2/h3-7H,8-11H2,1-2H3. The SMILES string of the molecule is COCC1=CCN(C(=O)c2nn(C)c(=O)c3ccccc23)CC1. The summed E-state index contributed by atoms with van der Waals surface area (Å²) in [5.41, 5.74) is 1.33. The molecule has 0 atom stereocenters. The summed E-state index contributed by atoms with van der Waals surface area (Å²) in [4.78, 5) is 26.7. The molecule has 120 valence electrons. The number of nitrogens with zero attached hydrogens (tertiary/aromatic N) is 3. The molecule has 1 amide bonds. The fraction of sp³-hybridized carbons (Fsp3) is 0.353. The van der Waals surface area contributed by atoms with Gasteiger partial charge in [-0.25, -0.2) is 4.68 Å². The molecule has 0 saturated carbocycles.